The van der Waals surface area contributed by atoms with Crippen LogP contribution in [0.3, 0.4) is 0 Å². The van der Waals surface area contributed by atoms with Crippen LogP contribution in [-0.2, 0) is 4.74 Å². The molecule has 0 radical (unpaired) electrons. The fourth-order valence-corrected chi connectivity index (χ4v) is 2.86. The van der Waals surface area contributed by atoms with Gasteiger partial charge in [-0.25, -0.2) is 4.39 Å². The maximum atomic E-state index is 14.0. The number of hydrogen-bond acceptors (Lipinski definition) is 3. The number of ether oxygens (including phenoxy) is 1. The van der Waals surface area contributed by atoms with Crippen molar-refractivity contribution in [3.63, 3.8) is 0 Å². The second-order valence-electron chi connectivity index (χ2n) is 5.28. The third-order valence-corrected chi connectivity index (χ3v) is 3.99. The third kappa shape index (κ3) is 3.70. The van der Waals surface area contributed by atoms with Crippen molar-refractivity contribution in [3.05, 3.63) is 30.1 Å². The zero-order valence-electron chi connectivity index (χ0n) is 12.4. The van der Waals surface area contributed by atoms with Crippen molar-refractivity contribution in [3.8, 4) is 0 Å². The lowest BCUT2D eigenvalue weighted by Crippen LogP contribution is -2.46. The summed E-state index contributed by atoms with van der Waals surface area (Å²) in [6.07, 6.45) is 1.09. The molecule has 0 aromatic heterocycles. The van der Waals surface area contributed by atoms with E-state index in [1.54, 1.807) is 6.07 Å². The van der Waals surface area contributed by atoms with Crippen molar-refractivity contribution in [2.75, 3.05) is 37.7 Å². The molecule has 1 N–H and O–H groups in total. The fraction of sp³-hybridized carbons (Fsp3) is 0.625. The number of halogens is 1. The fourth-order valence-electron chi connectivity index (χ4n) is 2.86. The van der Waals surface area contributed by atoms with Gasteiger partial charge in [0.05, 0.1) is 12.3 Å². The molecule has 4 heteroatoms. The monoisotopic (exact) mass is 280 g/mol. The number of likely N-dealkylation sites (N-methyl/N-ethyl adjacent to an activating group) is 2. The van der Waals surface area contributed by atoms with Gasteiger partial charge in [0, 0.05) is 31.7 Å². The molecule has 1 aliphatic heterocycles. The van der Waals surface area contributed by atoms with Crippen LogP contribution in [0.2, 0.25) is 0 Å². The highest BCUT2D eigenvalue weighted by Gasteiger charge is 2.27. The summed E-state index contributed by atoms with van der Waals surface area (Å²) in [5.41, 5.74) is 0.691. The van der Waals surface area contributed by atoms with E-state index in [0.717, 1.165) is 39.3 Å². The van der Waals surface area contributed by atoms with E-state index in [1.165, 1.54) is 6.07 Å². The molecule has 2 atom stereocenters. The maximum absolute atomic E-state index is 14.0. The summed E-state index contributed by atoms with van der Waals surface area (Å²) in [5, 5.41) is 3.53. The summed E-state index contributed by atoms with van der Waals surface area (Å²) in [4.78, 5) is 2.11. The standard InChI is InChI=1S/C16H25FN2O/c1-3-18-15(13-9-10-20-12-13)11-19(4-2)16-8-6-5-7-14(16)17/h5-8,13,15,18H,3-4,9-12H2,1-2H3. The molecule has 1 aromatic rings. The first-order chi connectivity index (χ1) is 9.76. The van der Waals surface area contributed by atoms with Crippen LogP contribution in [0.4, 0.5) is 10.1 Å². The van der Waals surface area contributed by atoms with Gasteiger partial charge in [-0.05, 0) is 32.0 Å². The Morgan fingerprint density at radius 1 is 1.40 bits per heavy atom. The number of rotatable bonds is 7. The van der Waals surface area contributed by atoms with Gasteiger partial charge in [0.25, 0.3) is 0 Å². The van der Waals surface area contributed by atoms with Crippen LogP contribution in [0.15, 0.2) is 24.3 Å². The van der Waals surface area contributed by atoms with Crippen LogP contribution < -0.4 is 10.2 Å². The summed E-state index contributed by atoms with van der Waals surface area (Å²) in [5.74, 6) is 0.378. The number of nitrogens with zero attached hydrogens (tertiary/aromatic N) is 1. The molecule has 0 aliphatic carbocycles. The van der Waals surface area contributed by atoms with Crippen LogP contribution >= 0.6 is 0 Å². The van der Waals surface area contributed by atoms with Crippen molar-refractivity contribution in [2.45, 2.75) is 26.3 Å². The molecule has 1 fully saturated rings. The molecular formula is C16H25FN2O. The Morgan fingerprint density at radius 3 is 2.80 bits per heavy atom. The third-order valence-electron chi connectivity index (χ3n) is 3.99. The average molecular weight is 280 g/mol. The Bertz CT molecular complexity index is 407. The van der Waals surface area contributed by atoms with Gasteiger partial charge in [0.1, 0.15) is 5.82 Å². The van der Waals surface area contributed by atoms with Crippen molar-refractivity contribution in [1.82, 2.24) is 5.32 Å². The molecule has 1 saturated heterocycles. The zero-order chi connectivity index (χ0) is 14.4. The van der Waals surface area contributed by atoms with E-state index in [-0.39, 0.29) is 5.82 Å². The van der Waals surface area contributed by atoms with E-state index in [9.17, 15) is 4.39 Å². The summed E-state index contributed by atoms with van der Waals surface area (Å²) in [6.45, 7) is 8.39. The van der Waals surface area contributed by atoms with E-state index < -0.39 is 0 Å². The van der Waals surface area contributed by atoms with Crippen LogP contribution in [-0.4, -0.2) is 38.9 Å². The Balaban J connectivity index is 2.08. The van der Waals surface area contributed by atoms with Crippen molar-refractivity contribution >= 4 is 5.69 Å². The molecule has 0 bridgehead atoms. The lowest BCUT2D eigenvalue weighted by molar-refractivity contribution is 0.177. The summed E-state index contributed by atoms with van der Waals surface area (Å²) >= 11 is 0. The molecule has 112 valence electrons. The minimum Gasteiger partial charge on any atom is -0.381 e. The molecule has 1 aliphatic rings. The predicted molar refractivity (Wildman–Crippen MR) is 80.7 cm³/mol. The van der Waals surface area contributed by atoms with Gasteiger partial charge in [-0.2, -0.15) is 0 Å². The lowest BCUT2D eigenvalue weighted by atomic mass is 9.98. The first-order valence-corrected chi connectivity index (χ1v) is 7.56. The number of anilines is 1. The topological polar surface area (TPSA) is 24.5 Å². The molecule has 3 nitrogen and oxygen atoms in total. The number of para-hydroxylation sites is 1. The minimum atomic E-state index is -0.146. The second kappa shape index (κ2) is 7.60. The smallest absolute Gasteiger partial charge is 0.146 e. The normalized spacial score (nSPS) is 20.1. The summed E-state index contributed by atoms with van der Waals surface area (Å²) in [6, 6.07) is 7.36. The predicted octanol–water partition coefficient (Wildman–Crippen LogP) is 2.67. The Kier molecular flexibility index (Phi) is 5.80. The largest absolute Gasteiger partial charge is 0.381 e. The Labute approximate surface area is 121 Å². The number of hydrogen-bond donors (Lipinski definition) is 1. The first kappa shape index (κ1) is 15.3. The Morgan fingerprint density at radius 2 is 2.20 bits per heavy atom. The molecule has 0 saturated carbocycles. The van der Waals surface area contributed by atoms with Gasteiger partial charge < -0.3 is 15.0 Å². The summed E-state index contributed by atoms with van der Waals surface area (Å²) < 4.78 is 19.4. The number of benzene rings is 1. The van der Waals surface area contributed by atoms with Gasteiger partial charge in [0.2, 0.25) is 0 Å². The second-order valence-corrected chi connectivity index (χ2v) is 5.28. The van der Waals surface area contributed by atoms with E-state index in [0.29, 0.717) is 17.6 Å². The van der Waals surface area contributed by atoms with Crippen molar-refractivity contribution in [2.24, 2.45) is 5.92 Å². The highest BCUT2D eigenvalue weighted by atomic mass is 19.1. The van der Waals surface area contributed by atoms with Crippen LogP contribution in [0.1, 0.15) is 20.3 Å². The zero-order valence-corrected chi connectivity index (χ0v) is 12.4. The van der Waals surface area contributed by atoms with Gasteiger partial charge in [0.15, 0.2) is 0 Å². The molecule has 0 spiro atoms. The van der Waals surface area contributed by atoms with Crippen molar-refractivity contribution in [1.29, 1.82) is 0 Å². The lowest BCUT2D eigenvalue weighted by Gasteiger charge is -2.31. The van der Waals surface area contributed by atoms with Crippen LogP contribution in [0.25, 0.3) is 0 Å². The molecule has 20 heavy (non-hydrogen) atoms. The van der Waals surface area contributed by atoms with Crippen LogP contribution in [0, 0.1) is 11.7 Å². The Hall–Kier alpha value is -1.13. The first-order valence-electron chi connectivity index (χ1n) is 7.56. The highest BCUT2D eigenvalue weighted by Crippen LogP contribution is 2.22. The molecular weight excluding hydrogens is 255 g/mol. The van der Waals surface area contributed by atoms with Crippen molar-refractivity contribution < 1.29 is 9.13 Å². The molecule has 2 unspecified atom stereocenters. The molecule has 1 aromatic carbocycles. The number of nitrogens with one attached hydrogen (secondary N) is 1. The van der Waals surface area contributed by atoms with E-state index in [2.05, 4.69) is 24.1 Å². The minimum absolute atomic E-state index is 0.146. The SMILES string of the molecule is CCNC(CN(CC)c1ccccc1F)C1CCOC1. The van der Waals surface area contributed by atoms with Crippen LogP contribution in [0.5, 0.6) is 0 Å². The molecule has 2 rings (SSSR count). The average Bonchev–Trinajstić information content (AvgIpc) is 2.98. The van der Waals surface area contributed by atoms with Gasteiger partial charge in [-0.1, -0.05) is 19.1 Å². The van der Waals surface area contributed by atoms with E-state index >= 15 is 0 Å². The molecule has 0 amide bonds. The summed E-state index contributed by atoms with van der Waals surface area (Å²) in [7, 11) is 0. The van der Waals surface area contributed by atoms with E-state index in [4.69, 9.17) is 4.74 Å². The van der Waals surface area contributed by atoms with Gasteiger partial charge in [-0.15, -0.1) is 0 Å². The highest BCUT2D eigenvalue weighted by molar-refractivity contribution is 5.47. The van der Waals surface area contributed by atoms with E-state index in [1.807, 2.05) is 12.1 Å². The van der Waals surface area contributed by atoms with Gasteiger partial charge in [-0.3, -0.25) is 0 Å². The van der Waals surface area contributed by atoms with Gasteiger partial charge >= 0.3 is 0 Å². The quantitative estimate of drug-likeness (QED) is 0.831. The molecule has 1 heterocycles. The maximum Gasteiger partial charge on any atom is 0.146 e.